The van der Waals surface area contributed by atoms with Crippen LogP contribution in [-0.2, 0) is 12.6 Å². The Labute approximate surface area is 142 Å². The molecule has 0 fully saturated rings. The van der Waals surface area contributed by atoms with E-state index in [1.165, 1.54) is 4.90 Å². The number of nitrogens with zero attached hydrogens (tertiary/aromatic N) is 1. The van der Waals surface area contributed by atoms with Crippen LogP contribution in [0, 0.1) is 0 Å². The molecule has 1 atom stereocenters. The highest BCUT2D eigenvalue weighted by Gasteiger charge is 2.33. The van der Waals surface area contributed by atoms with Gasteiger partial charge in [-0.25, -0.2) is 4.79 Å². The molecule has 1 heterocycles. The summed E-state index contributed by atoms with van der Waals surface area (Å²) in [5.41, 5.74) is 0.853. The minimum absolute atomic E-state index is 0.0523. The van der Waals surface area contributed by atoms with Crippen LogP contribution in [0.5, 0.6) is 0 Å². The van der Waals surface area contributed by atoms with Crippen LogP contribution >= 0.6 is 11.6 Å². The average Bonchev–Trinajstić information content (AvgIpc) is 2.84. The van der Waals surface area contributed by atoms with Crippen molar-refractivity contribution in [2.75, 3.05) is 10.2 Å². The third-order valence-corrected chi connectivity index (χ3v) is 4.29. The van der Waals surface area contributed by atoms with E-state index >= 15 is 0 Å². The summed E-state index contributed by atoms with van der Waals surface area (Å²) in [5.74, 6) is 0. The summed E-state index contributed by atoms with van der Waals surface area (Å²) in [5, 5.41) is 2.54. The standard InChI is InChI=1S/C17H14ClF3N2O/c1-10-8-11-4-2-3-5-15(11)23(10)16(24)22-14-9-12(17(19,20)21)6-7-13(14)18/h2-7,9-10H,8H2,1H3,(H,22,24)/t10-/m1/s1. The van der Waals surface area contributed by atoms with Crippen LogP contribution in [0.25, 0.3) is 0 Å². The van der Waals surface area contributed by atoms with Crippen molar-refractivity contribution in [1.29, 1.82) is 0 Å². The molecule has 0 unspecified atom stereocenters. The Balaban J connectivity index is 1.88. The van der Waals surface area contributed by atoms with E-state index in [0.717, 1.165) is 29.4 Å². The minimum Gasteiger partial charge on any atom is -0.306 e. The lowest BCUT2D eigenvalue weighted by atomic mass is 10.1. The number of nitrogens with one attached hydrogen (secondary N) is 1. The number of rotatable bonds is 1. The lowest BCUT2D eigenvalue weighted by Crippen LogP contribution is -2.39. The highest BCUT2D eigenvalue weighted by atomic mass is 35.5. The van der Waals surface area contributed by atoms with E-state index in [-0.39, 0.29) is 16.8 Å². The number of para-hydroxylation sites is 1. The van der Waals surface area contributed by atoms with Gasteiger partial charge in [0.2, 0.25) is 0 Å². The second-order valence-electron chi connectivity index (χ2n) is 5.67. The zero-order valence-corrected chi connectivity index (χ0v) is 13.4. The summed E-state index contributed by atoms with van der Waals surface area (Å²) in [6.07, 6.45) is -3.81. The number of benzene rings is 2. The van der Waals surface area contributed by atoms with Crippen LogP contribution in [0.3, 0.4) is 0 Å². The second-order valence-corrected chi connectivity index (χ2v) is 6.08. The zero-order valence-electron chi connectivity index (χ0n) is 12.7. The summed E-state index contributed by atoms with van der Waals surface area (Å²) in [4.78, 5) is 14.1. The van der Waals surface area contributed by atoms with Gasteiger partial charge < -0.3 is 5.32 Å². The van der Waals surface area contributed by atoms with Crippen molar-refractivity contribution in [3.05, 3.63) is 58.6 Å². The molecule has 0 radical (unpaired) electrons. The summed E-state index contributed by atoms with van der Waals surface area (Å²) in [7, 11) is 0. The smallest absolute Gasteiger partial charge is 0.306 e. The summed E-state index contributed by atoms with van der Waals surface area (Å²) in [6, 6.07) is 9.69. The summed E-state index contributed by atoms with van der Waals surface area (Å²) >= 11 is 5.93. The molecule has 7 heteroatoms. The molecule has 3 rings (SSSR count). The van der Waals surface area contributed by atoms with Crippen molar-refractivity contribution in [1.82, 2.24) is 0 Å². The van der Waals surface area contributed by atoms with Gasteiger partial charge in [-0.1, -0.05) is 29.8 Å². The molecule has 1 aliphatic heterocycles. The molecular weight excluding hydrogens is 341 g/mol. The monoisotopic (exact) mass is 354 g/mol. The topological polar surface area (TPSA) is 32.3 Å². The van der Waals surface area contributed by atoms with Crippen LogP contribution in [-0.4, -0.2) is 12.1 Å². The molecule has 2 aromatic rings. The van der Waals surface area contributed by atoms with Gasteiger partial charge in [-0.15, -0.1) is 0 Å². The maximum atomic E-state index is 12.8. The number of urea groups is 1. The van der Waals surface area contributed by atoms with Gasteiger partial charge in [0.25, 0.3) is 0 Å². The minimum atomic E-state index is -4.50. The van der Waals surface area contributed by atoms with Gasteiger partial charge in [0.1, 0.15) is 0 Å². The Hall–Kier alpha value is -2.21. The first-order valence-electron chi connectivity index (χ1n) is 7.32. The number of hydrogen-bond acceptors (Lipinski definition) is 1. The van der Waals surface area contributed by atoms with Crippen molar-refractivity contribution >= 4 is 29.0 Å². The van der Waals surface area contributed by atoms with Gasteiger partial charge in [0.15, 0.2) is 0 Å². The van der Waals surface area contributed by atoms with Crippen molar-refractivity contribution in [2.45, 2.75) is 25.6 Å². The second kappa shape index (κ2) is 6.02. The van der Waals surface area contributed by atoms with E-state index < -0.39 is 17.8 Å². The van der Waals surface area contributed by atoms with Gasteiger partial charge in [0.05, 0.1) is 16.3 Å². The lowest BCUT2D eigenvalue weighted by molar-refractivity contribution is -0.137. The Morgan fingerprint density at radius 2 is 1.96 bits per heavy atom. The van der Waals surface area contributed by atoms with E-state index in [9.17, 15) is 18.0 Å². The maximum Gasteiger partial charge on any atom is 0.416 e. The largest absolute Gasteiger partial charge is 0.416 e. The van der Waals surface area contributed by atoms with Crippen LogP contribution in [0.2, 0.25) is 5.02 Å². The van der Waals surface area contributed by atoms with Gasteiger partial charge in [-0.2, -0.15) is 13.2 Å². The zero-order chi connectivity index (χ0) is 17.5. The molecular formula is C17H14ClF3N2O. The average molecular weight is 355 g/mol. The molecule has 24 heavy (non-hydrogen) atoms. The van der Waals surface area contributed by atoms with Crippen molar-refractivity contribution in [2.24, 2.45) is 0 Å². The first-order chi connectivity index (χ1) is 11.3. The van der Waals surface area contributed by atoms with Crippen LogP contribution < -0.4 is 10.2 Å². The summed E-state index contributed by atoms with van der Waals surface area (Å²) < 4.78 is 38.5. The Bertz CT molecular complexity index is 792. The van der Waals surface area contributed by atoms with E-state index in [2.05, 4.69) is 5.32 Å². The predicted molar refractivity (Wildman–Crippen MR) is 87.6 cm³/mol. The maximum absolute atomic E-state index is 12.8. The van der Waals surface area contributed by atoms with Crippen LogP contribution in [0.15, 0.2) is 42.5 Å². The fraction of sp³-hybridized carbons (Fsp3) is 0.235. The molecule has 0 aromatic heterocycles. The molecule has 0 aliphatic carbocycles. The van der Waals surface area contributed by atoms with E-state index in [0.29, 0.717) is 6.42 Å². The molecule has 0 spiro atoms. The number of halogens is 4. The van der Waals surface area contributed by atoms with Gasteiger partial charge in [-0.3, -0.25) is 4.90 Å². The molecule has 2 aromatic carbocycles. The first kappa shape index (κ1) is 16.6. The van der Waals surface area contributed by atoms with Gasteiger partial charge in [-0.05, 0) is 43.2 Å². The first-order valence-corrected chi connectivity index (χ1v) is 7.70. The Morgan fingerprint density at radius 3 is 2.67 bits per heavy atom. The fourth-order valence-corrected chi connectivity index (χ4v) is 3.01. The number of carbonyl (C=O) groups is 1. The quantitative estimate of drug-likeness (QED) is 0.736. The lowest BCUT2D eigenvalue weighted by Gasteiger charge is -2.23. The number of carbonyl (C=O) groups excluding carboxylic acids is 1. The highest BCUT2D eigenvalue weighted by molar-refractivity contribution is 6.33. The fourth-order valence-electron chi connectivity index (χ4n) is 2.85. The normalized spacial score (nSPS) is 16.9. The van der Waals surface area contributed by atoms with Gasteiger partial charge >= 0.3 is 12.2 Å². The number of alkyl halides is 3. The predicted octanol–water partition coefficient (Wildman–Crippen LogP) is 5.34. The molecule has 2 amide bonds. The van der Waals surface area contributed by atoms with E-state index in [1.54, 1.807) is 0 Å². The molecule has 1 N–H and O–H groups in total. The van der Waals surface area contributed by atoms with Crippen LogP contribution in [0.4, 0.5) is 29.3 Å². The molecule has 1 aliphatic rings. The molecule has 3 nitrogen and oxygen atoms in total. The number of amides is 2. The van der Waals surface area contributed by atoms with Crippen molar-refractivity contribution in [3.8, 4) is 0 Å². The van der Waals surface area contributed by atoms with Crippen molar-refractivity contribution in [3.63, 3.8) is 0 Å². The van der Waals surface area contributed by atoms with E-state index in [1.807, 2.05) is 31.2 Å². The molecule has 126 valence electrons. The molecule has 0 saturated heterocycles. The molecule has 0 bridgehead atoms. The Morgan fingerprint density at radius 1 is 1.25 bits per heavy atom. The summed E-state index contributed by atoms with van der Waals surface area (Å²) in [6.45, 7) is 1.88. The molecule has 0 saturated carbocycles. The number of hydrogen-bond donors (Lipinski definition) is 1. The number of fused-ring (bicyclic) bond motifs is 1. The van der Waals surface area contributed by atoms with Crippen LogP contribution in [0.1, 0.15) is 18.1 Å². The van der Waals surface area contributed by atoms with Crippen molar-refractivity contribution < 1.29 is 18.0 Å². The third kappa shape index (κ3) is 3.06. The third-order valence-electron chi connectivity index (χ3n) is 3.96. The van der Waals surface area contributed by atoms with Gasteiger partial charge in [0, 0.05) is 11.7 Å². The SMILES string of the molecule is C[C@@H]1Cc2ccccc2N1C(=O)Nc1cc(C(F)(F)F)ccc1Cl. The Kier molecular flexibility index (Phi) is 4.17. The highest BCUT2D eigenvalue weighted by Crippen LogP contribution is 2.35. The number of anilines is 2. The van der Waals surface area contributed by atoms with E-state index in [4.69, 9.17) is 11.6 Å².